The molecule has 0 aliphatic carbocycles. The largest absolute Gasteiger partial charge is 0.350 e. The van der Waals surface area contributed by atoms with Crippen molar-refractivity contribution in [2.24, 2.45) is 0 Å². The molecule has 28 heavy (non-hydrogen) atoms. The maximum Gasteiger partial charge on any atom is 0.251 e. The summed E-state index contributed by atoms with van der Waals surface area (Å²) in [7, 11) is 0. The molecule has 0 radical (unpaired) electrons. The molecule has 0 bridgehead atoms. The second-order valence-corrected chi connectivity index (χ2v) is 7.78. The van der Waals surface area contributed by atoms with Crippen molar-refractivity contribution in [3.8, 4) is 0 Å². The van der Waals surface area contributed by atoms with Crippen molar-refractivity contribution in [1.29, 1.82) is 0 Å². The van der Waals surface area contributed by atoms with Crippen molar-refractivity contribution in [3.63, 3.8) is 0 Å². The fourth-order valence-corrected chi connectivity index (χ4v) is 4.58. The highest BCUT2D eigenvalue weighted by Crippen LogP contribution is 2.29. The molecule has 1 aromatic carbocycles. The highest BCUT2D eigenvalue weighted by atomic mass is 32.1. The molecule has 6 heteroatoms. The van der Waals surface area contributed by atoms with Crippen LogP contribution in [0.25, 0.3) is 0 Å². The van der Waals surface area contributed by atoms with E-state index < -0.39 is 0 Å². The van der Waals surface area contributed by atoms with E-state index in [0.29, 0.717) is 25.1 Å². The zero-order valence-electron chi connectivity index (χ0n) is 16.9. The number of likely N-dealkylation sites (N-methyl/N-ethyl adjacent to an activating group) is 1. The lowest BCUT2D eigenvalue weighted by atomic mass is 10.1. The van der Waals surface area contributed by atoms with E-state index in [-0.39, 0.29) is 17.9 Å². The summed E-state index contributed by atoms with van der Waals surface area (Å²) in [6.07, 6.45) is 1.30. The van der Waals surface area contributed by atoms with Gasteiger partial charge in [-0.05, 0) is 65.7 Å². The highest BCUT2D eigenvalue weighted by Gasteiger charge is 2.25. The lowest BCUT2D eigenvalue weighted by Gasteiger charge is -2.29. The zero-order valence-corrected chi connectivity index (χ0v) is 17.7. The average molecular weight is 400 g/mol. The Morgan fingerprint density at radius 3 is 2.64 bits per heavy atom. The number of anilines is 1. The Morgan fingerprint density at radius 2 is 2.00 bits per heavy atom. The first-order valence-corrected chi connectivity index (χ1v) is 11.0. The highest BCUT2D eigenvalue weighted by molar-refractivity contribution is 7.08. The maximum absolute atomic E-state index is 12.8. The lowest BCUT2D eigenvalue weighted by molar-refractivity contribution is -0.118. The van der Waals surface area contributed by atoms with Crippen LogP contribution >= 0.6 is 11.3 Å². The van der Waals surface area contributed by atoms with Crippen LogP contribution in [0.15, 0.2) is 35.0 Å². The molecule has 150 valence electrons. The molecule has 1 atom stereocenters. The van der Waals surface area contributed by atoms with Gasteiger partial charge in [0.1, 0.15) is 0 Å². The number of benzene rings is 1. The normalized spacial score (nSPS) is 14.2. The van der Waals surface area contributed by atoms with Gasteiger partial charge in [-0.1, -0.05) is 20.8 Å². The third-order valence-corrected chi connectivity index (χ3v) is 6.18. The first-order valence-electron chi connectivity index (χ1n) is 10.1. The van der Waals surface area contributed by atoms with Crippen LogP contribution in [0, 0.1) is 0 Å². The second kappa shape index (κ2) is 9.34. The minimum Gasteiger partial charge on any atom is -0.350 e. The Hall–Kier alpha value is -2.18. The molecule has 5 nitrogen and oxygen atoms in total. The summed E-state index contributed by atoms with van der Waals surface area (Å²) in [4.78, 5) is 29.0. The van der Waals surface area contributed by atoms with Gasteiger partial charge < -0.3 is 10.2 Å². The molecule has 3 rings (SSSR count). The molecule has 1 aromatic heterocycles. The zero-order chi connectivity index (χ0) is 20.1. The summed E-state index contributed by atoms with van der Waals surface area (Å²) in [5, 5.41) is 7.35. The summed E-state index contributed by atoms with van der Waals surface area (Å²) in [6.45, 7) is 9.33. The fraction of sp³-hybridized carbons (Fsp3) is 0.455. The number of thiophene rings is 1. The van der Waals surface area contributed by atoms with E-state index in [0.717, 1.165) is 30.8 Å². The van der Waals surface area contributed by atoms with E-state index in [4.69, 9.17) is 0 Å². The summed E-state index contributed by atoms with van der Waals surface area (Å²) < 4.78 is 0. The number of hydrogen-bond donors (Lipinski definition) is 1. The molecule has 0 spiro atoms. The van der Waals surface area contributed by atoms with Gasteiger partial charge in [-0.25, -0.2) is 0 Å². The van der Waals surface area contributed by atoms with Crippen molar-refractivity contribution in [1.82, 2.24) is 10.2 Å². The SMILES string of the molecule is CCC(=O)N1CCc2cc(C(=O)NC[C@H](c3ccsc3)N(CC)CC)ccc21. The summed E-state index contributed by atoms with van der Waals surface area (Å²) in [6, 6.07) is 7.98. The van der Waals surface area contributed by atoms with Crippen LogP contribution < -0.4 is 10.2 Å². The van der Waals surface area contributed by atoms with Gasteiger partial charge in [0.15, 0.2) is 0 Å². The van der Waals surface area contributed by atoms with Gasteiger partial charge in [-0.3, -0.25) is 14.5 Å². The predicted molar refractivity (Wildman–Crippen MR) is 115 cm³/mol. The molecule has 1 N–H and O–H groups in total. The Bertz CT molecular complexity index is 815. The lowest BCUT2D eigenvalue weighted by Crippen LogP contribution is -2.37. The number of fused-ring (bicyclic) bond motifs is 1. The van der Waals surface area contributed by atoms with E-state index in [1.165, 1.54) is 5.56 Å². The molecule has 2 amide bonds. The van der Waals surface area contributed by atoms with E-state index in [9.17, 15) is 9.59 Å². The third kappa shape index (κ3) is 4.28. The number of carbonyl (C=O) groups excluding carboxylic acids is 2. The topological polar surface area (TPSA) is 52.7 Å². The van der Waals surface area contributed by atoms with Crippen molar-refractivity contribution in [3.05, 3.63) is 51.7 Å². The predicted octanol–water partition coefficient (Wildman–Crippen LogP) is 3.86. The molecule has 0 fully saturated rings. The Morgan fingerprint density at radius 1 is 1.21 bits per heavy atom. The first-order chi connectivity index (χ1) is 13.6. The van der Waals surface area contributed by atoms with E-state index in [2.05, 4.69) is 40.9 Å². The molecular formula is C22H29N3O2S. The molecule has 0 saturated heterocycles. The van der Waals surface area contributed by atoms with Crippen molar-refractivity contribution in [2.45, 2.75) is 39.7 Å². The number of hydrogen-bond acceptors (Lipinski definition) is 4. The standard InChI is InChI=1S/C22H29N3O2S/c1-4-21(26)25-11-9-16-13-17(7-8-19(16)25)22(27)23-14-20(24(5-2)6-3)18-10-12-28-15-18/h7-8,10,12-13,15,20H,4-6,9,11,14H2,1-3H3,(H,23,27)/t20-/m1/s1. The Labute approximate surface area is 171 Å². The van der Waals surface area contributed by atoms with Crippen molar-refractivity contribution >= 4 is 28.8 Å². The number of amides is 2. The van der Waals surface area contributed by atoms with Gasteiger partial charge in [0.2, 0.25) is 5.91 Å². The van der Waals surface area contributed by atoms with Gasteiger partial charge >= 0.3 is 0 Å². The van der Waals surface area contributed by atoms with Crippen LogP contribution in [-0.2, 0) is 11.2 Å². The van der Waals surface area contributed by atoms with Gasteiger partial charge in [-0.15, -0.1) is 0 Å². The molecular weight excluding hydrogens is 370 g/mol. The number of carbonyl (C=O) groups is 2. The van der Waals surface area contributed by atoms with Crippen LogP contribution in [0.4, 0.5) is 5.69 Å². The molecule has 2 heterocycles. The smallest absolute Gasteiger partial charge is 0.251 e. The number of rotatable bonds is 8. The number of nitrogens with zero attached hydrogens (tertiary/aromatic N) is 2. The third-order valence-electron chi connectivity index (χ3n) is 5.48. The van der Waals surface area contributed by atoms with Gasteiger partial charge in [0.25, 0.3) is 5.91 Å². The van der Waals surface area contributed by atoms with Crippen LogP contribution in [0.2, 0.25) is 0 Å². The van der Waals surface area contributed by atoms with E-state index >= 15 is 0 Å². The quantitative estimate of drug-likeness (QED) is 0.733. The average Bonchev–Trinajstić information content (AvgIpc) is 3.39. The van der Waals surface area contributed by atoms with Crippen LogP contribution in [0.3, 0.4) is 0 Å². The summed E-state index contributed by atoms with van der Waals surface area (Å²) >= 11 is 1.68. The maximum atomic E-state index is 12.8. The van der Waals surface area contributed by atoms with Gasteiger partial charge in [0.05, 0.1) is 6.04 Å². The van der Waals surface area contributed by atoms with Crippen molar-refractivity contribution < 1.29 is 9.59 Å². The summed E-state index contributed by atoms with van der Waals surface area (Å²) in [5.41, 5.74) is 3.93. The summed E-state index contributed by atoms with van der Waals surface area (Å²) in [5.74, 6) is 0.0734. The van der Waals surface area contributed by atoms with Crippen LogP contribution in [0.5, 0.6) is 0 Å². The fourth-order valence-electron chi connectivity index (χ4n) is 3.87. The Balaban J connectivity index is 1.70. The van der Waals surface area contributed by atoms with Gasteiger partial charge in [-0.2, -0.15) is 11.3 Å². The monoisotopic (exact) mass is 399 g/mol. The van der Waals surface area contributed by atoms with Crippen LogP contribution in [0.1, 0.15) is 54.7 Å². The molecule has 1 aliphatic rings. The molecule has 0 saturated carbocycles. The van der Waals surface area contributed by atoms with Crippen LogP contribution in [-0.4, -0.2) is 42.9 Å². The van der Waals surface area contributed by atoms with E-state index in [1.54, 1.807) is 11.3 Å². The molecule has 2 aromatic rings. The minimum absolute atomic E-state index is 0.0598. The second-order valence-electron chi connectivity index (χ2n) is 7.00. The van der Waals surface area contributed by atoms with Crippen molar-refractivity contribution in [2.75, 3.05) is 31.1 Å². The Kier molecular flexibility index (Phi) is 6.86. The number of nitrogens with one attached hydrogen (secondary N) is 1. The van der Waals surface area contributed by atoms with E-state index in [1.807, 2.05) is 30.0 Å². The molecule has 0 unspecified atom stereocenters. The first kappa shape index (κ1) is 20.6. The van der Waals surface area contributed by atoms with Gasteiger partial charge in [0, 0.05) is 30.8 Å². The molecule has 1 aliphatic heterocycles. The minimum atomic E-state index is -0.0598.